The Labute approximate surface area is 144 Å². The molecule has 0 bridgehead atoms. The number of nitrogens with zero attached hydrogens (tertiary/aromatic N) is 2. The number of rotatable bonds is 3. The first-order valence-electron chi connectivity index (χ1n) is 7.43. The molecule has 0 aromatic heterocycles. The van der Waals surface area contributed by atoms with Crippen molar-refractivity contribution < 1.29 is 12.6 Å². The van der Waals surface area contributed by atoms with Crippen molar-refractivity contribution in [2.45, 2.75) is 30.4 Å². The van der Waals surface area contributed by atoms with Gasteiger partial charge in [-0.2, -0.15) is 8.42 Å². The van der Waals surface area contributed by atoms with Crippen molar-refractivity contribution in [2.75, 3.05) is 4.31 Å². The minimum atomic E-state index is -3.86. The predicted octanol–water partition coefficient (Wildman–Crippen LogP) is 3.04. The van der Waals surface area contributed by atoms with Crippen LogP contribution in [-0.2, 0) is 21.0 Å². The minimum absolute atomic E-state index is 0.127. The molecular weight excluding hydrogens is 344 g/mol. The molecule has 7 heteroatoms. The first-order chi connectivity index (χ1) is 11.2. The monoisotopic (exact) mass is 362 g/mol. The minimum Gasteiger partial charge on any atom is -0.244 e. The lowest BCUT2D eigenvalue weighted by atomic mass is 10.1. The van der Waals surface area contributed by atoms with Crippen LogP contribution in [0.1, 0.15) is 19.4 Å². The maximum absolute atomic E-state index is 12.6. The van der Waals surface area contributed by atoms with Crippen molar-refractivity contribution in [3.63, 3.8) is 0 Å². The highest BCUT2D eigenvalue weighted by atomic mass is 32.2. The fourth-order valence-corrected chi connectivity index (χ4v) is 4.98. The first kappa shape index (κ1) is 16.9. The van der Waals surface area contributed by atoms with E-state index in [1.165, 1.54) is 16.4 Å². The quantitative estimate of drug-likeness (QED) is 0.843. The molecule has 126 valence electrons. The smallest absolute Gasteiger partial charge is 0.244 e. The van der Waals surface area contributed by atoms with Crippen LogP contribution in [0.25, 0.3) is 0 Å². The maximum Gasteiger partial charge on any atom is 0.284 e. The molecule has 2 aromatic rings. The molecule has 1 unspecified atom stereocenters. The third kappa shape index (κ3) is 2.78. The number of anilines is 1. The van der Waals surface area contributed by atoms with E-state index in [1.54, 1.807) is 38.1 Å². The second kappa shape index (κ2) is 5.82. The predicted molar refractivity (Wildman–Crippen MR) is 96.9 cm³/mol. The Morgan fingerprint density at radius 2 is 1.58 bits per heavy atom. The van der Waals surface area contributed by atoms with E-state index in [9.17, 15) is 12.6 Å². The molecule has 0 N–H and O–H groups in total. The van der Waals surface area contributed by atoms with Gasteiger partial charge < -0.3 is 0 Å². The van der Waals surface area contributed by atoms with Crippen LogP contribution in [0.2, 0.25) is 0 Å². The lowest BCUT2D eigenvalue weighted by molar-refractivity contribution is 0.597. The largest absolute Gasteiger partial charge is 0.284 e. The normalized spacial score (nSPS) is 21.5. The molecule has 0 saturated carbocycles. The van der Waals surface area contributed by atoms with Gasteiger partial charge in [-0.25, -0.2) is 8.51 Å². The number of sulfonamides is 1. The molecule has 1 atom stereocenters. The summed E-state index contributed by atoms with van der Waals surface area (Å²) >= 11 is 0. The van der Waals surface area contributed by atoms with Gasteiger partial charge in [0.05, 0.1) is 10.6 Å². The van der Waals surface area contributed by atoms with E-state index in [0.29, 0.717) is 5.69 Å². The van der Waals surface area contributed by atoms with Gasteiger partial charge in [0, 0.05) is 0 Å². The van der Waals surface area contributed by atoms with Gasteiger partial charge in [-0.05, 0) is 45.0 Å². The average Bonchev–Trinajstić information content (AvgIpc) is 2.55. The third-order valence-corrected chi connectivity index (χ3v) is 6.90. The Morgan fingerprint density at radius 1 is 1.00 bits per heavy atom. The van der Waals surface area contributed by atoms with Gasteiger partial charge in [0.25, 0.3) is 10.0 Å². The SMILES string of the molecule is Cc1ccc(S(=O)(=O)/N=C2/N(c3ccccc3)S(=O)C2(C)C)cc1. The Morgan fingerprint density at radius 3 is 2.17 bits per heavy atom. The highest BCUT2D eigenvalue weighted by molar-refractivity contribution is 7.94. The number of amidine groups is 1. The molecule has 1 aliphatic heterocycles. The van der Waals surface area contributed by atoms with Gasteiger partial charge in [-0.1, -0.05) is 35.9 Å². The molecule has 1 fully saturated rings. The first-order valence-corrected chi connectivity index (χ1v) is 9.97. The lowest BCUT2D eigenvalue weighted by Crippen LogP contribution is -2.64. The Balaban J connectivity index is 2.06. The zero-order valence-corrected chi connectivity index (χ0v) is 15.3. The number of para-hydroxylation sites is 1. The molecule has 0 amide bonds. The summed E-state index contributed by atoms with van der Waals surface area (Å²) in [6, 6.07) is 15.5. The number of hydrogen-bond acceptors (Lipinski definition) is 3. The van der Waals surface area contributed by atoms with Gasteiger partial charge in [0.15, 0.2) is 5.84 Å². The van der Waals surface area contributed by atoms with Crippen LogP contribution in [-0.4, -0.2) is 23.2 Å². The Kier molecular flexibility index (Phi) is 4.09. The molecule has 5 nitrogen and oxygen atoms in total. The van der Waals surface area contributed by atoms with Crippen molar-refractivity contribution in [3.05, 3.63) is 60.2 Å². The summed E-state index contributed by atoms with van der Waals surface area (Å²) in [5.41, 5.74) is 1.63. The van der Waals surface area contributed by atoms with Crippen molar-refractivity contribution in [1.29, 1.82) is 0 Å². The molecule has 0 aliphatic carbocycles. The Bertz CT molecular complexity index is 918. The molecule has 1 saturated heterocycles. The van der Waals surface area contributed by atoms with Crippen molar-refractivity contribution in [2.24, 2.45) is 4.40 Å². The van der Waals surface area contributed by atoms with E-state index in [-0.39, 0.29) is 10.7 Å². The van der Waals surface area contributed by atoms with Crippen LogP contribution < -0.4 is 4.31 Å². The summed E-state index contributed by atoms with van der Waals surface area (Å²) in [6.07, 6.45) is 0. The molecule has 24 heavy (non-hydrogen) atoms. The highest BCUT2D eigenvalue weighted by Crippen LogP contribution is 2.37. The van der Waals surface area contributed by atoms with E-state index in [4.69, 9.17) is 0 Å². The summed E-state index contributed by atoms with van der Waals surface area (Å²) in [7, 11) is -5.24. The summed E-state index contributed by atoms with van der Waals surface area (Å²) in [5.74, 6) is 0.285. The topological polar surface area (TPSA) is 66.8 Å². The molecule has 1 aliphatic rings. The standard InChI is InChI=1S/C17H18N2O3S2/c1-13-9-11-15(12-10-13)24(21,22)18-16-17(2,3)23(20)19(16)14-7-5-4-6-8-14/h4-12H,1-3H3/b18-16+. The van der Waals surface area contributed by atoms with E-state index in [1.807, 2.05) is 25.1 Å². The van der Waals surface area contributed by atoms with Crippen LogP contribution >= 0.6 is 0 Å². The van der Waals surface area contributed by atoms with Gasteiger partial charge in [0.2, 0.25) is 0 Å². The number of aryl methyl sites for hydroxylation is 1. The van der Waals surface area contributed by atoms with Crippen molar-refractivity contribution in [3.8, 4) is 0 Å². The number of hydrogen-bond donors (Lipinski definition) is 0. The van der Waals surface area contributed by atoms with Gasteiger partial charge in [0.1, 0.15) is 15.7 Å². The summed E-state index contributed by atoms with van der Waals surface area (Å²) < 4.78 is 42.4. The highest BCUT2D eigenvalue weighted by Gasteiger charge is 2.52. The molecular formula is C17H18N2O3S2. The van der Waals surface area contributed by atoms with Crippen molar-refractivity contribution >= 4 is 32.5 Å². The molecule has 0 radical (unpaired) electrons. The Hall–Kier alpha value is -1.99. The van der Waals surface area contributed by atoms with E-state index < -0.39 is 25.8 Å². The van der Waals surface area contributed by atoms with Crippen LogP contribution in [0.15, 0.2) is 63.9 Å². The second-order valence-corrected chi connectivity index (χ2v) is 9.58. The molecule has 3 rings (SSSR count). The summed E-state index contributed by atoms with van der Waals surface area (Å²) in [5, 5.41) is 0. The van der Waals surface area contributed by atoms with Crippen LogP contribution in [0.3, 0.4) is 0 Å². The van der Waals surface area contributed by atoms with Crippen molar-refractivity contribution in [1.82, 2.24) is 0 Å². The average molecular weight is 362 g/mol. The summed E-state index contributed by atoms with van der Waals surface area (Å²) in [6.45, 7) is 5.34. The summed E-state index contributed by atoms with van der Waals surface area (Å²) in [4.78, 5) is 0.127. The zero-order chi connectivity index (χ0) is 17.5. The second-order valence-electron chi connectivity index (χ2n) is 6.09. The van der Waals surface area contributed by atoms with Gasteiger partial charge in [-0.15, -0.1) is 4.40 Å². The van der Waals surface area contributed by atoms with E-state index in [2.05, 4.69) is 4.40 Å². The zero-order valence-electron chi connectivity index (χ0n) is 13.6. The van der Waals surface area contributed by atoms with E-state index >= 15 is 0 Å². The number of benzene rings is 2. The maximum atomic E-state index is 12.6. The fraction of sp³-hybridized carbons (Fsp3) is 0.235. The fourth-order valence-electron chi connectivity index (χ4n) is 2.40. The lowest BCUT2D eigenvalue weighted by Gasteiger charge is -2.45. The van der Waals surface area contributed by atoms with Crippen LogP contribution in [0.4, 0.5) is 5.69 Å². The molecule has 0 spiro atoms. The van der Waals surface area contributed by atoms with Gasteiger partial charge >= 0.3 is 0 Å². The molecule has 2 aromatic carbocycles. The third-order valence-electron chi connectivity index (χ3n) is 3.85. The van der Waals surface area contributed by atoms with Crippen LogP contribution in [0, 0.1) is 6.92 Å². The van der Waals surface area contributed by atoms with Gasteiger partial charge in [-0.3, -0.25) is 0 Å². The molecule has 1 heterocycles. The van der Waals surface area contributed by atoms with Crippen LogP contribution in [0.5, 0.6) is 0 Å². The van der Waals surface area contributed by atoms with E-state index in [0.717, 1.165) is 5.56 Å².